The summed E-state index contributed by atoms with van der Waals surface area (Å²) >= 11 is 0. The van der Waals surface area contributed by atoms with Crippen LogP contribution < -0.4 is 9.64 Å². The van der Waals surface area contributed by atoms with Crippen LogP contribution in [0, 0.1) is 11.6 Å². The Kier molecular flexibility index (Phi) is 6.68. The number of carbonyl (C=O) groups is 1. The monoisotopic (exact) mass is 508 g/mol. The molecule has 0 saturated carbocycles. The molecule has 1 saturated heterocycles. The first-order valence-corrected chi connectivity index (χ1v) is 12.1. The maximum Gasteiger partial charge on any atom is 0.335 e. The third-order valence-electron chi connectivity index (χ3n) is 6.43. The molecule has 5 rings (SSSR count). The molecule has 9 nitrogen and oxygen atoms in total. The van der Waals surface area contributed by atoms with Crippen LogP contribution in [0.25, 0.3) is 11.0 Å². The maximum absolute atomic E-state index is 15.2. The molecule has 4 heterocycles. The van der Waals surface area contributed by atoms with Crippen LogP contribution in [0.1, 0.15) is 54.3 Å². The number of fused-ring (bicyclic) bond motifs is 1. The van der Waals surface area contributed by atoms with Gasteiger partial charge in [-0.15, -0.1) is 0 Å². The first-order valence-electron chi connectivity index (χ1n) is 12.1. The molecular formula is C26H26F2N6O3. The predicted octanol–water partition coefficient (Wildman–Crippen LogP) is 4.42. The summed E-state index contributed by atoms with van der Waals surface area (Å²) in [6, 6.07) is 3.69. The molecule has 0 amide bonds. The van der Waals surface area contributed by atoms with Crippen LogP contribution in [0.15, 0.2) is 43.1 Å². The van der Waals surface area contributed by atoms with E-state index in [4.69, 9.17) is 9.84 Å². The number of piperidine rings is 1. The van der Waals surface area contributed by atoms with Crippen LogP contribution in [0.2, 0.25) is 0 Å². The lowest BCUT2D eigenvalue weighted by atomic mass is 10.0. The average Bonchev–Trinajstić information content (AvgIpc) is 3.22. The number of rotatable bonds is 7. The number of benzene rings is 1. The first kappa shape index (κ1) is 24.5. The smallest absolute Gasteiger partial charge is 0.335 e. The SMILES string of the molecule is CC(C)Oc1cnc(N2CCC(n3cc(F)c4c(Cc5ccc(C(=O)O)cc5F)ncnc43)CC2)nc1. The van der Waals surface area contributed by atoms with Gasteiger partial charge in [-0.05, 0) is 44.4 Å². The van der Waals surface area contributed by atoms with E-state index in [1.807, 2.05) is 18.4 Å². The molecule has 1 aliphatic rings. The van der Waals surface area contributed by atoms with E-state index in [1.165, 1.54) is 24.7 Å². The van der Waals surface area contributed by atoms with Crippen molar-refractivity contribution >= 4 is 23.0 Å². The van der Waals surface area contributed by atoms with Gasteiger partial charge in [0.15, 0.2) is 11.6 Å². The highest BCUT2D eigenvalue weighted by Crippen LogP contribution is 2.31. The van der Waals surface area contributed by atoms with Gasteiger partial charge in [-0.3, -0.25) is 0 Å². The molecule has 0 atom stereocenters. The second-order valence-corrected chi connectivity index (χ2v) is 9.29. The third kappa shape index (κ3) is 5.07. The zero-order valence-corrected chi connectivity index (χ0v) is 20.4. The molecule has 0 spiro atoms. The minimum atomic E-state index is -1.22. The van der Waals surface area contributed by atoms with Crippen LogP contribution in [0.3, 0.4) is 0 Å². The van der Waals surface area contributed by atoms with Crippen molar-refractivity contribution in [3.05, 3.63) is 71.6 Å². The van der Waals surface area contributed by atoms with E-state index in [2.05, 4.69) is 24.8 Å². The van der Waals surface area contributed by atoms with E-state index in [-0.39, 0.29) is 35.1 Å². The number of aromatic carboxylic acids is 1. The Balaban J connectivity index is 1.33. The Morgan fingerprint density at radius 1 is 1.11 bits per heavy atom. The Morgan fingerprint density at radius 2 is 1.84 bits per heavy atom. The summed E-state index contributed by atoms with van der Waals surface area (Å²) in [5.41, 5.74) is 0.881. The molecule has 11 heteroatoms. The van der Waals surface area contributed by atoms with Crippen molar-refractivity contribution < 1.29 is 23.4 Å². The van der Waals surface area contributed by atoms with Crippen molar-refractivity contribution in [1.82, 2.24) is 24.5 Å². The van der Waals surface area contributed by atoms with Crippen molar-refractivity contribution in [3.8, 4) is 5.75 Å². The molecule has 1 N–H and O–H groups in total. The fraction of sp³-hybridized carbons (Fsp3) is 0.346. The normalized spacial score (nSPS) is 14.5. The van der Waals surface area contributed by atoms with E-state index in [9.17, 15) is 9.18 Å². The summed E-state index contributed by atoms with van der Waals surface area (Å²) in [5.74, 6) is -1.12. The van der Waals surface area contributed by atoms with Crippen LogP contribution >= 0.6 is 0 Å². The number of nitrogens with zero attached hydrogens (tertiary/aromatic N) is 6. The van der Waals surface area contributed by atoms with Gasteiger partial charge in [-0.2, -0.15) is 0 Å². The highest BCUT2D eigenvalue weighted by atomic mass is 19.1. The van der Waals surface area contributed by atoms with Gasteiger partial charge >= 0.3 is 5.97 Å². The van der Waals surface area contributed by atoms with Crippen molar-refractivity contribution in [3.63, 3.8) is 0 Å². The fourth-order valence-corrected chi connectivity index (χ4v) is 4.67. The molecule has 192 valence electrons. The van der Waals surface area contributed by atoms with Crippen molar-refractivity contribution in [2.75, 3.05) is 18.0 Å². The number of anilines is 1. The molecule has 4 aromatic rings. The van der Waals surface area contributed by atoms with E-state index >= 15 is 4.39 Å². The first-order chi connectivity index (χ1) is 17.8. The summed E-state index contributed by atoms with van der Waals surface area (Å²) < 4.78 is 37.1. The van der Waals surface area contributed by atoms with Gasteiger partial charge in [-0.1, -0.05) is 6.07 Å². The summed E-state index contributed by atoms with van der Waals surface area (Å²) in [7, 11) is 0. The highest BCUT2D eigenvalue weighted by molar-refractivity contribution is 5.87. The number of aromatic nitrogens is 5. The second kappa shape index (κ2) is 10.1. The summed E-state index contributed by atoms with van der Waals surface area (Å²) in [4.78, 5) is 30.6. The van der Waals surface area contributed by atoms with Crippen molar-refractivity contribution in [2.45, 2.75) is 45.3 Å². The molecule has 1 aliphatic heterocycles. The second-order valence-electron chi connectivity index (χ2n) is 9.29. The quantitative estimate of drug-likeness (QED) is 0.391. The third-order valence-corrected chi connectivity index (χ3v) is 6.43. The number of hydrogen-bond donors (Lipinski definition) is 1. The van der Waals surface area contributed by atoms with Gasteiger partial charge in [0.25, 0.3) is 0 Å². The number of ether oxygens (including phenoxy) is 1. The van der Waals surface area contributed by atoms with Gasteiger partial charge < -0.3 is 19.3 Å². The largest absolute Gasteiger partial charge is 0.488 e. The van der Waals surface area contributed by atoms with E-state index in [1.54, 1.807) is 12.4 Å². The number of carboxylic acids is 1. The van der Waals surface area contributed by atoms with Crippen LogP contribution in [-0.2, 0) is 6.42 Å². The summed E-state index contributed by atoms with van der Waals surface area (Å²) in [5, 5.41) is 9.31. The molecule has 0 radical (unpaired) electrons. The molecule has 3 aromatic heterocycles. The Bertz CT molecular complexity index is 1430. The summed E-state index contributed by atoms with van der Waals surface area (Å²) in [6.07, 6.45) is 7.64. The molecule has 1 fully saturated rings. The van der Waals surface area contributed by atoms with Gasteiger partial charge in [0.05, 0.1) is 35.1 Å². The van der Waals surface area contributed by atoms with Gasteiger partial charge in [-0.25, -0.2) is 33.5 Å². The fourth-order valence-electron chi connectivity index (χ4n) is 4.67. The molecule has 0 aliphatic carbocycles. The van der Waals surface area contributed by atoms with Gasteiger partial charge in [0.1, 0.15) is 17.8 Å². The number of halogens is 2. The molecular weight excluding hydrogens is 482 g/mol. The van der Waals surface area contributed by atoms with E-state index < -0.39 is 17.6 Å². The Hall–Kier alpha value is -4.15. The minimum Gasteiger partial charge on any atom is -0.488 e. The lowest BCUT2D eigenvalue weighted by Gasteiger charge is -2.32. The predicted molar refractivity (Wildman–Crippen MR) is 132 cm³/mol. The van der Waals surface area contributed by atoms with Crippen LogP contribution in [-0.4, -0.2) is 54.8 Å². The zero-order chi connectivity index (χ0) is 26.1. The summed E-state index contributed by atoms with van der Waals surface area (Å²) in [6.45, 7) is 5.26. The molecule has 37 heavy (non-hydrogen) atoms. The van der Waals surface area contributed by atoms with Gasteiger partial charge in [0, 0.05) is 31.7 Å². The van der Waals surface area contributed by atoms with Gasteiger partial charge in [0.2, 0.25) is 5.95 Å². The zero-order valence-electron chi connectivity index (χ0n) is 20.4. The number of carboxylic acid groups (broad SMARTS) is 1. The Morgan fingerprint density at radius 3 is 2.49 bits per heavy atom. The molecule has 1 aromatic carbocycles. The average molecular weight is 509 g/mol. The lowest BCUT2D eigenvalue weighted by Crippen LogP contribution is -2.35. The highest BCUT2D eigenvalue weighted by Gasteiger charge is 2.26. The molecule has 0 unspecified atom stereocenters. The van der Waals surface area contributed by atoms with E-state index in [0.29, 0.717) is 36.1 Å². The maximum atomic E-state index is 15.2. The Labute approximate surface area is 211 Å². The standard InChI is InChI=1S/C26H26F2N6O3/c1-15(2)37-19-11-29-26(30-12-19)33-7-5-18(6-8-33)34-13-21(28)23-22(31-14-32-24(23)34)10-16-3-4-17(25(35)36)9-20(16)27/h3-4,9,11-15,18H,5-8,10H2,1-2H3,(H,35,36). The van der Waals surface area contributed by atoms with Crippen LogP contribution in [0.5, 0.6) is 5.75 Å². The lowest BCUT2D eigenvalue weighted by molar-refractivity contribution is 0.0696. The van der Waals surface area contributed by atoms with Crippen LogP contribution in [0.4, 0.5) is 14.7 Å². The molecule has 0 bridgehead atoms. The van der Waals surface area contributed by atoms with Crippen molar-refractivity contribution in [1.29, 1.82) is 0 Å². The minimum absolute atomic E-state index is 0.0119. The van der Waals surface area contributed by atoms with Crippen molar-refractivity contribution in [2.24, 2.45) is 0 Å². The number of hydrogen-bond acceptors (Lipinski definition) is 7. The topological polar surface area (TPSA) is 106 Å². The van der Waals surface area contributed by atoms with E-state index in [0.717, 1.165) is 18.9 Å².